The highest BCUT2D eigenvalue weighted by molar-refractivity contribution is 9.10. The van der Waals surface area contributed by atoms with Crippen LogP contribution in [0.2, 0.25) is 10.0 Å². The molecule has 2 rings (SSSR count). The van der Waals surface area contributed by atoms with E-state index in [1.807, 2.05) is 25.1 Å². The maximum absolute atomic E-state index is 6.23. The van der Waals surface area contributed by atoms with Crippen molar-refractivity contribution in [2.24, 2.45) is 0 Å². The zero-order valence-electron chi connectivity index (χ0n) is 15.5. The lowest BCUT2D eigenvalue weighted by Crippen LogP contribution is -2.16. The Bertz CT molecular complexity index is 743. The summed E-state index contributed by atoms with van der Waals surface area (Å²) in [6.45, 7) is 5.21. The maximum atomic E-state index is 6.23. The van der Waals surface area contributed by atoms with Crippen LogP contribution in [-0.4, -0.2) is 26.9 Å². The number of ether oxygens (including phenoxy) is 3. The molecule has 0 heterocycles. The third-order valence-electron chi connectivity index (χ3n) is 3.79. The maximum Gasteiger partial charge on any atom is 0.175 e. The molecule has 0 radical (unpaired) electrons. The molecule has 0 saturated carbocycles. The second-order valence-electron chi connectivity index (χ2n) is 5.89. The van der Waals surface area contributed by atoms with E-state index in [4.69, 9.17) is 37.4 Å². The van der Waals surface area contributed by atoms with Crippen LogP contribution in [0.1, 0.15) is 24.5 Å². The van der Waals surface area contributed by atoms with Gasteiger partial charge in [0.25, 0.3) is 0 Å². The zero-order valence-corrected chi connectivity index (χ0v) is 18.6. The number of nitrogens with one attached hydrogen (secondary N) is 1. The Morgan fingerprint density at radius 3 is 2.63 bits per heavy atom. The molecule has 2 aromatic rings. The highest BCUT2D eigenvalue weighted by Gasteiger charge is 2.13. The number of benzene rings is 2. The van der Waals surface area contributed by atoms with Crippen LogP contribution in [0.15, 0.2) is 34.8 Å². The molecule has 4 nitrogen and oxygen atoms in total. The lowest BCUT2D eigenvalue weighted by atomic mass is 10.2. The van der Waals surface area contributed by atoms with Crippen molar-refractivity contribution in [3.05, 3.63) is 56.0 Å². The van der Waals surface area contributed by atoms with Gasteiger partial charge in [-0.1, -0.05) is 29.3 Å². The van der Waals surface area contributed by atoms with Crippen LogP contribution < -0.4 is 14.8 Å². The zero-order chi connectivity index (χ0) is 19.6. The summed E-state index contributed by atoms with van der Waals surface area (Å²) in [5.41, 5.74) is 1.97. The SMILES string of the molecule is CCOc1cc(CNCCCOC)cc(Br)c1OCc1ccc(Cl)cc1Cl. The molecule has 7 heteroatoms. The largest absolute Gasteiger partial charge is 0.490 e. The molecule has 0 unspecified atom stereocenters. The molecule has 0 saturated heterocycles. The molecule has 0 fully saturated rings. The van der Waals surface area contributed by atoms with Crippen LogP contribution in [0.3, 0.4) is 0 Å². The van der Waals surface area contributed by atoms with Crippen molar-refractivity contribution >= 4 is 39.1 Å². The van der Waals surface area contributed by atoms with Crippen LogP contribution in [0, 0.1) is 0 Å². The summed E-state index contributed by atoms with van der Waals surface area (Å²) in [7, 11) is 1.71. The standard InChI is InChI=1S/C20H24BrCl2NO3/c1-3-26-19-10-14(12-24-7-4-8-25-2)9-17(21)20(19)27-13-15-5-6-16(22)11-18(15)23/h5-6,9-11,24H,3-4,7-8,12-13H2,1-2H3. The van der Waals surface area contributed by atoms with Gasteiger partial charge in [-0.15, -0.1) is 0 Å². The third kappa shape index (κ3) is 7.16. The number of rotatable bonds is 11. The summed E-state index contributed by atoms with van der Waals surface area (Å²) in [5.74, 6) is 1.36. The molecule has 27 heavy (non-hydrogen) atoms. The van der Waals surface area contributed by atoms with Gasteiger partial charge in [0.15, 0.2) is 11.5 Å². The first-order valence-corrected chi connectivity index (χ1v) is 10.3. The smallest absolute Gasteiger partial charge is 0.175 e. The Balaban J connectivity index is 2.08. The van der Waals surface area contributed by atoms with E-state index in [9.17, 15) is 0 Å². The molecule has 0 aliphatic rings. The fraction of sp³-hybridized carbons (Fsp3) is 0.400. The van der Waals surface area contributed by atoms with Gasteiger partial charge in [0, 0.05) is 35.9 Å². The Morgan fingerprint density at radius 2 is 1.93 bits per heavy atom. The van der Waals surface area contributed by atoms with Gasteiger partial charge in [-0.25, -0.2) is 0 Å². The highest BCUT2D eigenvalue weighted by atomic mass is 79.9. The van der Waals surface area contributed by atoms with Crippen molar-refractivity contribution in [2.45, 2.75) is 26.5 Å². The van der Waals surface area contributed by atoms with Gasteiger partial charge >= 0.3 is 0 Å². The molecule has 0 aromatic heterocycles. The fourth-order valence-corrected chi connectivity index (χ4v) is 3.56. The van der Waals surface area contributed by atoms with E-state index in [1.54, 1.807) is 19.2 Å². The topological polar surface area (TPSA) is 39.7 Å². The molecule has 0 aliphatic carbocycles. The molecule has 0 aliphatic heterocycles. The van der Waals surface area contributed by atoms with Gasteiger partial charge in [0.05, 0.1) is 11.1 Å². The summed E-state index contributed by atoms with van der Waals surface area (Å²) in [4.78, 5) is 0. The van der Waals surface area contributed by atoms with E-state index in [-0.39, 0.29) is 0 Å². The van der Waals surface area contributed by atoms with Crippen molar-refractivity contribution in [2.75, 3.05) is 26.9 Å². The van der Waals surface area contributed by atoms with Gasteiger partial charge < -0.3 is 19.5 Å². The van der Waals surface area contributed by atoms with Crippen molar-refractivity contribution < 1.29 is 14.2 Å². The summed E-state index contributed by atoms with van der Waals surface area (Å²) < 4.78 is 17.7. The first-order chi connectivity index (χ1) is 13.0. The number of hydrogen-bond donors (Lipinski definition) is 1. The Labute approximate surface area is 179 Å². The first kappa shape index (κ1) is 22.3. The molecule has 0 amide bonds. The van der Waals surface area contributed by atoms with Crippen LogP contribution in [0.25, 0.3) is 0 Å². The van der Waals surface area contributed by atoms with Crippen LogP contribution >= 0.6 is 39.1 Å². The van der Waals surface area contributed by atoms with E-state index in [1.165, 1.54) is 0 Å². The van der Waals surface area contributed by atoms with Gasteiger partial charge in [-0.05, 0) is 65.6 Å². The molecular weight excluding hydrogens is 453 g/mol. The van der Waals surface area contributed by atoms with E-state index in [2.05, 4.69) is 21.2 Å². The van der Waals surface area contributed by atoms with E-state index in [0.717, 1.165) is 41.7 Å². The van der Waals surface area contributed by atoms with Gasteiger partial charge in [-0.3, -0.25) is 0 Å². The Hall–Kier alpha value is -0.980. The normalized spacial score (nSPS) is 10.9. The average Bonchev–Trinajstić information content (AvgIpc) is 2.62. The van der Waals surface area contributed by atoms with Crippen molar-refractivity contribution in [3.63, 3.8) is 0 Å². The van der Waals surface area contributed by atoms with Crippen molar-refractivity contribution in [1.82, 2.24) is 5.32 Å². The molecule has 2 aromatic carbocycles. The minimum absolute atomic E-state index is 0.323. The minimum Gasteiger partial charge on any atom is -0.490 e. The molecular formula is C20H24BrCl2NO3. The minimum atomic E-state index is 0.323. The van der Waals surface area contributed by atoms with Crippen molar-refractivity contribution in [1.29, 1.82) is 0 Å². The molecule has 0 bridgehead atoms. The summed E-state index contributed by atoms with van der Waals surface area (Å²) in [6, 6.07) is 9.39. The van der Waals surface area contributed by atoms with Gasteiger partial charge in [-0.2, -0.15) is 0 Å². The van der Waals surface area contributed by atoms with Crippen LogP contribution in [-0.2, 0) is 17.9 Å². The average molecular weight is 477 g/mol. The summed E-state index contributed by atoms with van der Waals surface area (Å²) in [6.07, 6.45) is 0.971. The predicted molar refractivity (Wildman–Crippen MR) is 114 cm³/mol. The quantitative estimate of drug-likeness (QED) is 0.412. The van der Waals surface area contributed by atoms with Gasteiger partial charge in [0.1, 0.15) is 6.61 Å². The lowest BCUT2D eigenvalue weighted by molar-refractivity contribution is 0.194. The number of methoxy groups -OCH3 is 1. The fourth-order valence-electron chi connectivity index (χ4n) is 2.49. The highest BCUT2D eigenvalue weighted by Crippen LogP contribution is 2.38. The first-order valence-electron chi connectivity index (χ1n) is 8.76. The second kappa shape index (κ2) is 11.8. The summed E-state index contributed by atoms with van der Waals surface area (Å²) >= 11 is 15.8. The molecule has 0 spiro atoms. The number of hydrogen-bond acceptors (Lipinski definition) is 4. The van der Waals surface area contributed by atoms with Gasteiger partial charge in [0.2, 0.25) is 0 Å². The second-order valence-corrected chi connectivity index (χ2v) is 7.58. The number of halogens is 3. The predicted octanol–water partition coefficient (Wildman–Crippen LogP) is 5.86. The van der Waals surface area contributed by atoms with Crippen molar-refractivity contribution in [3.8, 4) is 11.5 Å². The van der Waals surface area contributed by atoms with E-state index in [0.29, 0.717) is 34.8 Å². The Kier molecular flexibility index (Phi) is 9.73. The monoisotopic (exact) mass is 475 g/mol. The molecule has 0 atom stereocenters. The lowest BCUT2D eigenvalue weighted by Gasteiger charge is -2.16. The Morgan fingerprint density at radius 1 is 1.11 bits per heavy atom. The molecule has 148 valence electrons. The van der Waals surface area contributed by atoms with Crippen LogP contribution in [0.5, 0.6) is 11.5 Å². The third-order valence-corrected chi connectivity index (χ3v) is 4.96. The summed E-state index contributed by atoms with van der Waals surface area (Å²) in [5, 5.41) is 4.57. The molecule has 1 N–H and O–H groups in total. The van der Waals surface area contributed by atoms with E-state index >= 15 is 0 Å². The van der Waals surface area contributed by atoms with E-state index < -0.39 is 0 Å². The van der Waals surface area contributed by atoms with Crippen LogP contribution in [0.4, 0.5) is 0 Å².